The molecule has 3 aromatic heterocycles. The summed E-state index contributed by atoms with van der Waals surface area (Å²) in [5.74, 6) is -0.901. The van der Waals surface area contributed by atoms with Crippen molar-refractivity contribution >= 4 is 64.0 Å². The Morgan fingerprint density at radius 2 is 1.95 bits per heavy atom. The molecule has 24 heteroatoms. The molecule has 9 atom stereocenters. The van der Waals surface area contributed by atoms with E-state index in [0.29, 0.717) is 18.7 Å². The molecule has 0 spiro atoms. The molecule has 20 nitrogen and oxygen atoms in total. The molecule has 3 fully saturated rings. The molecule has 6 rings (SSSR count). The van der Waals surface area contributed by atoms with E-state index in [4.69, 9.17) is 31.8 Å². The summed E-state index contributed by atoms with van der Waals surface area (Å²) in [5, 5.41) is 14.9. The second-order valence-corrected chi connectivity index (χ2v) is 25.2. The number of anilines is 2. The van der Waals surface area contributed by atoms with E-state index in [1.165, 1.54) is 17.2 Å². The van der Waals surface area contributed by atoms with Gasteiger partial charge in [0.15, 0.2) is 25.7 Å². The summed E-state index contributed by atoms with van der Waals surface area (Å²) in [6.45, 7) is 8.42. The van der Waals surface area contributed by atoms with Crippen LogP contribution < -0.4 is 16.2 Å². The summed E-state index contributed by atoms with van der Waals surface area (Å²) >= 11 is 4.36. The van der Waals surface area contributed by atoms with Crippen molar-refractivity contribution in [3.05, 3.63) is 35.3 Å². The number of phosphoric acid groups is 1. The van der Waals surface area contributed by atoms with Crippen molar-refractivity contribution in [1.29, 1.82) is 5.26 Å². The quantitative estimate of drug-likeness (QED) is 0.0840. The Labute approximate surface area is 335 Å². The number of imidazole rings is 1. The van der Waals surface area contributed by atoms with E-state index >= 15 is 0 Å². The van der Waals surface area contributed by atoms with Gasteiger partial charge in [0.25, 0.3) is 5.56 Å². The number of amides is 1. The number of nitriles is 1. The average molecular weight is 870 g/mol. The highest BCUT2D eigenvalue weighted by molar-refractivity contribution is 8.44. The molecule has 5 unspecified atom stereocenters. The molecule has 1 amide bonds. The number of ether oxygens (including phenoxy) is 1. The highest BCUT2D eigenvalue weighted by Gasteiger charge is 2.55. The fourth-order valence-electron chi connectivity index (χ4n) is 6.37. The molecule has 312 valence electrons. The molecule has 2 saturated heterocycles. The number of aromatic amines is 1. The number of H-pyrrole nitrogens is 1. The topological polar surface area (TPSA) is 253 Å². The van der Waals surface area contributed by atoms with Crippen LogP contribution in [0.2, 0.25) is 18.1 Å². The predicted octanol–water partition coefficient (Wildman–Crippen LogP) is 5.58. The number of carbonyl (C=O) groups excluding carboxylic acids is 1. The zero-order valence-corrected chi connectivity index (χ0v) is 36.4. The molecule has 3 aromatic rings. The number of thiol groups is 1. The number of nitrogens with one attached hydrogen (secondary N) is 3. The van der Waals surface area contributed by atoms with Crippen LogP contribution in [0.4, 0.5) is 11.8 Å². The zero-order valence-electron chi connectivity index (χ0n) is 32.7. The maximum Gasteiger partial charge on any atom is 0.475 e. The van der Waals surface area contributed by atoms with Crippen LogP contribution in [0, 0.1) is 23.2 Å². The summed E-state index contributed by atoms with van der Waals surface area (Å²) < 4.78 is 74.2. The molecular formula is C33H49N9O11P2SSi. The van der Waals surface area contributed by atoms with E-state index in [0.717, 1.165) is 0 Å². The van der Waals surface area contributed by atoms with Gasteiger partial charge in [-0.2, -0.15) is 10.2 Å². The van der Waals surface area contributed by atoms with Gasteiger partial charge in [-0.05, 0) is 37.0 Å². The lowest BCUT2D eigenvalue weighted by Gasteiger charge is -2.40. The summed E-state index contributed by atoms with van der Waals surface area (Å²) in [5.41, 5.74) is -0.748. The van der Waals surface area contributed by atoms with Crippen LogP contribution in [0.25, 0.3) is 11.2 Å². The van der Waals surface area contributed by atoms with E-state index in [-0.39, 0.29) is 54.4 Å². The number of rotatable bonds is 10. The summed E-state index contributed by atoms with van der Waals surface area (Å²) in [6, 6.07) is 3.44. The van der Waals surface area contributed by atoms with Gasteiger partial charge in [-0.15, -0.1) is 0 Å². The highest BCUT2D eigenvalue weighted by Crippen LogP contribution is 2.60. The smallest absolute Gasteiger partial charge is 0.408 e. The van der Waals surface area contributed by atoms with Crippen molar-refractivity contribution in [3.8, 4) is 6.07 Å². The van der Waals surface area contributed by atoms with Crippen molar-refractivity contribution in [2.75, 3.05) is 30.5 Å². The van der Waals surface area contributed by atoms with Gasteiger partial charge < -0.3 is 14.5 Å². The second kappa shape index (κ2) is 17.3. The van der Waals surface area contributed by atoms with Crippen LogP contribution >= 0.6 is 26.9 Å². The second-order valence-electron chi connectivity index (χ2n) is 15.9. The summed E-state index contributed by atoms with van der Waals surface area (Å²) in [7, 11) is -7.35. The number of phosphoric ester groups is 1. The molecule has 0 radical (unpaired) electrons. The summed E-state index contributed by atoms with van der Waals surface area (Å²) in [6.07, 6.45) is -0.605. The molecule has 57 heavy (non-hydrogen) atoms. The fourth-order valence-corrected chi connectivity index (χ4v) is 10.7. The Bertz CT molecular complexity index is 2120. The Hall–Kier alpha value is -3.06. The molecule has 2 bridgehead atoms. The van der Waals surface area contributed by atoms with Crippen LogP contribution in [0.3, 0.4) is 0 Å². The van der Waals surface area contributed by atoms with E-state index in [9.17, 15) is 24.0 Å². The maximum absolute atomic E-state index is 14.9. The van der Waals surface area contributed by atoms with E-state index in [1.54, 1.807) is 26.1 Å². The number of hydrogen-bond donors (Lipinski definition) is 4. The lowest BCUT2D eigenvalue weighted by atomic mass is 10.1. The first-order valence-electron chi connectivity index (χ1n) is 18.5. The third-order valence-electron chi connectivity index (χ3n) is 10.4. The first kappa shape index (κ1) is 43.5. The van der Waals surface area contributed by atoms with E-state index in [1.807, 2.05) is 39.9 Å². The van der Waals surface area contributed by atoms with Crippen molar-refractivity contribution < 1.29 is 45.7 Å². The largest absolute Gasteiger partial charge is 0.475 e. The lowest BCUT2D eigenvalue weighted by molar-refractivity contribution is -0.118. The molecule has 2 aliphatic heterocycles. The fraction of sp³-hybridized carbons (Fsp3) is 0.667. The summed E-state index contributed by atoms with van der Waals surface area (Å²) in [4.78, 5) is 45.3. The van der Waals surface area contributed by atoms with E-state index < -0.39 is 76.9 Å². The van der Waals surface area contributed by atoms with Gasteiger partial charge in [0.05, 0.1) is 44.7 Å². The predicted molar refractivity (Wildman–Crippen MR) is 212 cm³/mol. The Morgan fingerprint density at radius 1 is 1.18 bits per heavy atom. The molecule has 0 aromatic carbocycles. The Kier molecular flexibility index (Phi) is 13.2. The van der Waals surface area contributed by atoms with Crippen LogP contribution in [-0.4, -0.2) is 94.0 Å². The van der Waals surface area contributed by atoms with Crippen molar-refractivity contribution in [1.82, 2.24) is 29.5 Å². The standard InChI is InChI=1S/C33H49N9O11P2SSi/c1-19(2)29(43)40-32-39-28-25(30(44)41-32)37-18-42(28)31-27-26(53-57(6,7)33(3,4)5)23(50-31)16-49-55(46,56)51-22-14-21(38-24-9-11-35-17-36-24)13-20(22)15-48-54(45,52-27)47-12-8-10-34/h9,11,17-23,26-27,31H,8,12-16H2,1-7H3,(H,46,56)(H,35,36,38)(H2,39,40,41,43,44)/t20?,21-,22+,23?,26?,27-,31-,54?,55?/m1/s1. The normalized spacial score (nSPS) is 31.2. The van der Waals surface area contributed by atoms with Crippen molar-refractivity contribution in [3.63, 3.8) is 0 Å². The first-order valence-corrected chi connectivity index (χ1v) is 25.6. The number of hydrogen-bond acceptors (Lipinski definition) is 17. The van der Waals surface area contributed by atoms with E-state index in [2.05, 4.69) is 47.8 Å². The van der Waals surface area contributed by atoms with Gasteiger partial charge in [0.2, 0.25) is 11.9 Å². The average Bonchev–Trinajstić information content (AvgIpc) is 3.81. The Morgan fingerprint density at radius 3 is 2.63 bits per heavy atom. The number of nitrogens with zero attached hydrogens (tertiary/aromatic N) is 6. The monoisotopic (exact) mass is 869 g/mol. The molecule has 5 heterocycles. The minimum atomic E-state index is -4.62. The van der Waals surface area contributed by atoms with Gasteiger partial charge in [-0.25, -0.2) is 24.1 Å². The van der Waals surface area contributed by atoms with Gasteiger partial charge in [-0.1, -0.05) is 46.9 Å². The van der Waals surface area contributed by atoms with Crippen LogP contribution in [0.1, 0.15) is 60.1 Å². The van der Waals surface area contributed by atoms with Crippen LogP contribution in [0.15, 0.2) is 29.7 Å². The maximum atomic E-state index is 14.9. The lowest BCUT2D eigenvalue weighted by Crippen LogP contribution is -2.50. The number of aromatic nitrogens is 6. The SMILES string of the molecule is CC(C)C(=O)Nc1nc2c(ncn2[C@@H]2OC3COP(=O)(S)O[C@H]4C[C@H](Nc5ccncn5)CC4COP(=O)(OCCC#N)O[C@@H]2C3O[Si](C)(C)C(C)(C)C)c(=O)[nH]1. The van der Waals surface area contributed by atoms with Crippen LogP contribution in [-0.2, 0) is 45.7 Å². The van der Waals surface area contributed by atoms with Gasteiger partial charge in [0, 0.05) is 24.1 Å². The zero-order chi connectivity index (χ0) is 41.3. The highest BCUT2D eigenvalue weighted by atomic mass is 32.7. The molecule has 3 aliphatic rings. The van der Waals surface area contributed by atoms with Crippen LogP contribution in [0.5, 0.6) is 0 Å². The third kappa shape index (κ3) is 10.2. The minimum Gasteiger partial charge on any atom is -0.408 e. The minimum absolute atomic E-state index is 0.00876. The molecule has 1 aliphatic carbocycles. The van der Waals surface area contributed by atoms with Gasteiger partial charge >= 0.3 is 14.6 Å². The third-order valence-corrected chi connectivity index (χ3v) is 18.0. The number of fused-ring (bicyclic) bond motifs is 4. The molecular weight excluding hydrogens is 821 g/mol. The Balaban J connectivity index is 1.42. The molecule has 3 N–H and O–H groups in total. The number of carbonyl (C=O) groups is 1. The van der Waals surface area contributed by atoms with Gasteiger partial charge in [0.1, 0.15) is 30.5 Å². The first-order chi connectivity index (χ1) is 26.8. The van der Waals surface area contributed by atoms with Crippen molar-refractivity contribution in [2.45, 2.75) is 109 Å². The van der Waals surface area contributed by atoms with Crippen molar-refractivity contribution in [2.24, 2.45) is 11.8 Å². The van der Waals surface area contributed by atoms with Gasteiger partial charge in [-0.3, -0.25) is 47.1 Å². The molecule has 1 saturated carbocycles.